The maximum absolute atomic E-state index is 12.4. The minimum atomic E-state index is -0.190. The van der Waals surface area contributed by atoms with Crippen LogP contribution in [0.15, 0.2) is 103 Å². The monoisotopic (exact) mass is 339 g/mol. The Balaban J connectivity index is 1.74. The van der Waals surface area contributed by atoms with Gasteiger partial charge in [-0.3, -0.25) is 4.79 Å². The molecule has 1 unspecified atom stereocenters. The first-order valence-electron chi connectivity index (χ1n) is 8.63. The van der Waals surface area contributed by atoms with E-state index in [1.54, 1.807) is 6.08 Å². The number of rotatable bonds is 6. The Morgan fingerprint density at radius 2 is 1.19 bits per heavy atom. The zero-order valence-electron chi connectivity index (χ0n) is 14.5. The summed E-state index contributed by atoms with van der Waals surface area (Å²) in [6.07, 6.45) is 7.43. The fourth-order valence-electron chi connectivity index (χ4n) is 2.61. The molecular weight excluding hydrogens is 318 g/mol. The molecule has 3 aromatic carbocycles. The molecule has 2 heteroatoms. The van der Waals surface area contributed by atoms with Crippen LogP contribution in [0.5, 0.6) is 0 Å². The van der Waals surface area contributed by atoms with Gasteiger partial charge in [-0.25, -0.2) is 0 Å². The van der Waals surface area contributed by atoms with E-state index in [9.17, 15) is 4.79 Å². The lowest BCUT2D eigenvalue weighted by Crippen LogP contribution is -2.25. The van der Waals surface area contributed by atoms with Gasteiger partial charge < -0.3 is 5.32 Å². The summed E-state index contributed by atoms with van der Waals surface area (Å²) in [7, 11) is 0. The van der Waals surface area contributed by atoms with Gasteiger partial charge in [0.05, 0.1) is 6.04 Å². The van der Waals surface area contributed by atoms with Gasteiger partial charge in [0.15, 0.2) is 0 Å². The highest BCUT2D eigenvalue weighted by Gasteiger charge is 2.09. The van der Waals surface area contributed by atoms with Crippen LogP contribution in [0.3, 0.4) is 0 Å². The number of benzene rings is 3. The first-order valence-corrected chi connectivity index (χ1v) is 8.63. The van der Waals surface area contributed by atoms with Crippen LogP contribution in [0.1, 0.15) is 22.7 Å². The van der Waals surface area contributed by atoms with Crippen molar-refractivity contribution in [2.75, 3.05) is 0 Å². The topological polar surface area (TPSA) is 29.1 Å². The Kier molecular flexibility index (Phi) is 6.16. The normalized spacial score (nSPS) is 12.3. The molecule has 2 nitrogen and oxygen atoms in total. The lowest BCUT2D eigenvalue weighted by molar-refractivity contribution is -0.116. The predicted octanol–water partition coefficient (Wildman–Crippen LogP) is 5.27. The number of carbonyl (C=O) groups excluding carboxylic acids is 1. The van der Waals surface area contributed by atoms with E-state index in [-0.39, 0.29) is 11.9 Å². The highest BCUT2D eigenvalue weighted by atomic mass is 16.1. The average molecular weight is 339 g/mol. The Labute approximate surface area is 154 Å². The van der Waals surface area contributed by atoms with Crippen LogP contribution in [0, 0.1) is 0 Å². The summed E-state index contributed by atoms with van der Waals surface area (Å²) in [6.45, 7) is 0. The SMILES string of the molecule is O=C(/C=C/c1ccccc1)NC(/C=C/c1ccccc1)c1ccccc1. The van der Waals surface area contributed by atoms with Crippen LogP contribution in [-0.4, -0.2) is 5.91 Å². The van der Waals surface area contributed by atoms with Gasteiger partial charge in [0, 0.05) is 6.08 Å². The predicted molar refractivity (Wildman–Crippen MR) is 108 cm³/mol. The number of hydrogen-bond donors (Lipinski definition) is 1. The highest BCUT2D eigenvalue weighted by Crippen LogP contribution is 2.16. The molecule has 0 saturated heterocycles. The minimum absolute atomic E-state index is 0.125. The molecule has 1 amide bonds. The fourth-order valence-corrected chi connectivity index (χ4v) is 2.61. The molecule has 128 valence electrons. The molecule has 0 aliphatic heterocycles. The second-order valence-corrected chi connectivity index (χ2v) is 5.91. The second kappa shape index (κ2) is 9.19. The third-order valence-electron chi connectivity index (χ3n) is 3.96. The van der Waals surface area contributed by atoms with Crippen molar-refractivity contribution in [1.29, 1.82) is 0 Å². The molecule has 3 rings (SSSR count). The van der Waals surface area contributed by atoms with E-state index in [4.69, 9.17) is 0 Å². The summed E-state index contributed by atoms with van der Waals surface area (Å²) in [5.74, 6) is -0.125. The maximum Gasteiger partial charge on any atom is 0.244 e. The van der Waals surface area contributed by atoms with Gasteiger partial charge in [0.2, 0.25) is 5.91 Å². The van der Waals surface area contributed by atoms with Crippen LogP contribution in [0.25, 0.3) is 12.2 Å². The molecule has 3 aromatic rings. The third kappa shape index (κ3) is 5.32. The molecule has 0 heterocycles. The Morgan fingerprint density at radius 3 is 1.77 bits per heavy atom. The van der Waals surface area contributed by atoms with Gasteiger partial charge in [-0.1, -0.05) is 103 Å². The molecule has 0 aromatic heterocycles. The molecule has 0 aliphatic rings. The van der Waals surface area contributed by atoms with Crippen LogP contribution in [-0.2, 0) is 4.79 Å². The van der Waals surface area contributed by atoms with Crippen molar-refractivity contribution in [2.45, 2.75) is 6.04 Å². The number of amides is 1. The molecule has 1 N–H and O–H groups in total. The Morgan fingerprint density at radius 1 is 0.692 bits per heavy atom. The smallest absolute Gasteiger partial charge is 0.244 e. The van der Waals surface area contributed by atoms with Crippen molar-refractivity contribution in [1.82, 2.24) is 5.32 Å². The van der Waals surface area contributed by atoms with Gasteiger partial charge in [0.25, 0.3) is 0 Å². The lowest BCUT2D eigenvalue weighted by Gasteiger charge is -2.14. The van der Waals surface area contributed by atoms with E-state index in [1.165, 1.54) is 0 Å². The van der Waals surface area contributed by atoms with E-state index in [0.29, 0.717) is 0 Å². The van der Waals surface area contributed by atoms with E-state index < -0.39 is 0 Å². The maximum atomic E-state index is 12.4. The number of carbonyl (C=O) groups is 1. The van der Waals surface area contributed by atoms with Crippen molar-refractivity contribution in [3.05, 3.63) is 120 Å². The minimum Gasteiger partial charge on any atom is -0.342 e. The van der Waals surface area contributed by atoms with Gasteiger partial charge in [-0.2, -0.15) is 0 Å². The fraction of sp³-hybridized carbons (Fsp3) is 0.0417. The van der Waals surface area contributed by atoms with E-state index in [0.717, 1.165) is 16.7 Å². The molecule has 0 saturated carbocycles. The van der Waals surface area contributed by atoms with Gasteiger partial charge >= 0.3 is 0 Å². The van der Waals surface area contributed by atoms with Crippen LogP contribution < -0.4 is 5.32 Å². The van der Waals surface area contributed by atoms with Gasteiger partial charge in [0.1, 0.15) is 0 Å². The number of hydrogen-bond acceptors (Lipinski definition) is 1. The zero-order chi connectivity index (χ0) is 18.0. The first kappa shape index (κ1) is 17.4. The largest absolute Gasteiger partial charge is 0.342 e. The Hall–Kier alpha value is -3.39. The summed E-state index contributed by atoms with van der Waals surface area (Å²) in [6, 6.07) is 29.6. The highest BCUT2D eigenvalue weighted by molar-refractivity contribution is 5.92. The van der Waals surface area contributed by atoms with Gasteiger partial charge in [-0.15, -0.1) is 0 Å². The summed E-state index contributed by atoms with van der Waals surface area (Å²) in [5.41, 5.74) is 3.14. The van der Waals surface area contributed by atoms with Crippen LogP contribution in [0.2, 0.25) is 0 Å². The molecule has 0 fully saturated rings. The summed E-state index contributed by atoms with van der Waals surface area (Å²) < 4.78 is 0. The first-order chi connectivity index (χ1) is 12.8. The lowest BCUT2D eigenvalue weighted by atomic mass is 10.0. The van der Waals surface area contributed by atoms with Crippen molar-refractivity contribution in [3.63, 3.8) is 0 Å². The summed E-state index contributed by atoms with van der Waals surface area (Å²) in [5, 5.41) is 3.06. The van der Waals surface area contributed by atoms with E-state index in [2.05, 4.69) is 5.32 Å². The Bertz CT molecular complexity index is 868. The third-order valence-corrected chi connectivity index (χ3v) is 3.96. The van der Waals surface area contributed by atoms with Gasteiger partial charge in [-0.05, 0) is 22.8 Å². The van der Waals surface area contributed by atoms with E-state index in [1.807, 2.05) is 109 Å². The molecular formula is C24H21NO. The average Bonchev–Trinajstić information content (AvgIpc) is 2.72. The summed E-state index contributed by atoms with van der Waals surface area (Å²) >= 11 is 0. The van der Waals surface area contributed by atoms with Crippen molar-refractivity contribution in [2.24, 2.45) is 0 Å². The van der Waals surface area contributed by atoms with E-state index >= 15 is 0 Å². The zero-order valence-corrected chi connectivity index (χ0v) is 14.5. The molecule has 0 radical (unpaired) electrons. The molecule has 26 heavy (non-hydrogen) atoms. The number of nitrogens with one attached hydrogen (secondary N) is 1. The van der Waals surface area contributed by atoms with Crippen molar-refractivity contribution in [3.8, 4) is 0 Å². The van der Waals surface area contributed by atoms with Crippen LogP contribution >= 0.6 is 0 Å². The molecule has 0 aliphatic carbocycles. The quantitative estimate of drug-likeness (QED) is 0.609. The summed E-state index contributed by atoms with van der Waals surface area (Å²) in [4.78, 5) is 12.4. The standard InChI is InChI=1S/C24H21NO/c26-24(19-17-21-12-6-2-7-13-21)25-23(22-14-8-3-9-15-22)18-16-20-10-4-1-5-11-20/h1-19,23H,(H,25,26)/b18-16+,19-17+. The van der Waals surface area contributed by atoms with Crippen molar-refractivity contribution >= 4 is 18.1 Å². The molecule has 0 bridgehead atoms. The molecule has 0 spiro atoms. The molecule has 1 atom stereocenters. The van der Waals surface area contributed by atoms with Crippen LogP contribution in [0.4, 0.5) is 0 Å². The second-order valence-electron chi connectivity index (χ2n) is 5.91. The van der Waals surface area contributed by atoms with Crippen molar-refractivity contribution < 1.29 is 4.79 Å².